The molecule has 3 heterocycles. The predicted molar refractivity (Wildman–Crippen MR) is 46.7 cm³/mol. The SMILES string of the molecule is CCN1CC2CC(C1)N2CC. The van der Waals surface area contributed by atoms with E-state index in [0.717, 1.165) is 12.1 Å². The van der Waals surface area contributed by atoms with Crippen LogP contribution in [-0.2, 0) is 0 Å². The van der Waals surface area contributed by atoms with Crippen molar-refractivity contribution in [3.05, 3.63) is 0 Å². The number of likely N-dealkylation sites (N-methyl/N-ethyl adjacent to an activating group) is 2. The Morgan fingerprint density at radius 2 is 1.73 bits per heavy atom. The largest absolute Gasteiger partial charge is 0.301 e. The van der Waals surface area contributed by atoms with Crippen molar-refractivity contribution >= 4 is 0 Å². The number of fused-ring (bicyclic) bond motifs is 2. The van der Waals surface area contributed by atoms with Crippen molar-refractivity contribution in [3.63, 3.8) is 0 Å². The van der Waals surface area contributed by atoms with Gasteiger partial charge in [0.1, 0.15) is 0 Å². The summed E-state index contributed by atoms with van der Waals surface area (Å²) in [5.41, 5.74) is 0. The maximum absolute atomic E-state index is 2.64. The highest BCUT2D eigenvalue weighted by molar-refractivity contribution is 4.99. The van der Waals surface area contributed by atoms with Gasteiger partial charge in [0.15, 0.2) is 0 Å². The number of nitrogens with zero attached hydrogens (tertiary/aromatic N) is 2. The molecule has 0 aromatic rings. The number of piperidine rings is 1. The average molecular weight is 154 g/mol. The quantitative estimate of drug-likeness (QED) is 0.580. The minimum atomic E-state index is 0.902. The fourth-order valence-corrected chi connectivity index (χ4v) is 2.55. The molecule has 0 spiro atoms. The fourth-order valence-electron chi connectivity index (χ4n) is 2.55. The summed E-state index contributed by atoms with van der Waals surface area (Å²) in [4.78, 5) is 5.22. The lowest BCUT2D eigenvalue weighted by molar-refractivity contribution is -0.0635. The summed E-state index contributed by atoms with van der Waals surface area (Å²) in [6.07, 6.45) is 1.46. The summed E-state index contributed by atoms with van der Waals surface area (Å²) in [5, 5.41) is 0. The second kappa shape index (κ2) is 2.76. The molecule has 0 radical (unpaired) electrons. The Morgan fingerprint density at radius 3 is 2.18 bits per heavy atom. The Hall–Kier alpha value is -0.0800. The van der Waals surface area contributed by atoms with Crippen molar-refractivity contribution in [2.24, 2.45) is 0 Å². The summed E-state index contributed by atoms with van der Waals surface area (Å²) in [6.45, 7) is 9.68. The Kier molecular flexibility index (Phi) is 1.90. The second-order valence-electron chi connectivity index (χ2n) is 3.73. The molecule has 3 rings (SSSR count). The Labute approximate surface area is 69.2 Å². The van der Waals surface area contributed by atoms with Gasteiger partial charge < -0.3 is 4.90 Å². The van der Waals surface area contributed by atoms with Crippen molar-refractivity contribution in [2.45, 2.75) is 32.4 Å². The van der Waals surface area contributed by atoms with Crippen LogP contribution in [0.4, 0.5) is 0 Å². The highest BCUT2D eigenvalue weighted by Crippen LogP contribution is 2.31. The molecule has 3 aliphatic heterocycles. The molecule has 2 heteroatoms. The zero-order valence-electron chi connectivity index (χ0n) is 7.58. The lowest BCUT2D eigenvalue weighted by atomic mass is 9.87. The predicted octanol–water partition coefficient (Wildman–Crippen LogP) is 0.785. The van der Waals surface area contributed by atoms with Crippen molar-refractivity contribution < 1.29 is 0 Å². The van der Waals surface area contributed by atoms with Crippen LogP contribution >= 0.6 is 0 Å². The highest BCUT2D eigenvalue weighted by atomic mass is 15.3. The first-order chi connectivity index (χ1) is 5.35. The number of hydrogen-bond donors (Lipinski definition) is 0. The van der Waals surface area contributed by atoms with Gasteiger partial charge in [0.05, 0.1) is 0 Å². The Morgan fingerprint density at radius 1 is 1.09 bits per heavy atom. The smallest absolute Gasteiger partial charge is 0.0241 e. The number of rotatable bonds is 2. The maximum atomic E-state index is 2.64. The van der Waals surface area contributed by atoms with Gasteiger partial charge in [0.25, 0.3) is 0 Å². The standard InChI is InChI=1S/C9H18N2/c1-3-10-6-8-5-9(7-10)11(8)4-2/h8-9H,3-7H2,1-2H3. The lowest BCUT2D eigenvalue weighted by Crippen LogP contribution is -2.68. The first kappa shape index (κ1) is 7.56. The molecule has 0 amide bonds. The van der Waals surface area contributed by atoms with Crippen LogP contribution in [0, 0.1) is 0 Å². The molecule has 2 nitrogen and oxygen atoms in total. The Bertz CT molecular complexity index is 134. The van der Waals surface area contributed by atoms with Crippen molar-refractivity contribution in [1.82, 2.24) is 9.80 Å². The molecule has 64 valence electrons. The molecular formula is C9H18N2. The van der Waals surface area contributed by atoms with E-state index in [1.165, 1.54) is 32.6 Å². The fraction of sp³-hybridized carbons (Fsp3) is 1.00. The van der Waals surface area contributed by atoms with Crippen LogP contribution in [0.15, 0.2) is 0 Å². The average Bonchev–Trinajstić information content (AvgIpc) is 2.05. The van der Waals surface area contributed by atoms with Crippen molar-refractivity contribution in [3.8, 4) is 0 Å². The molecule has 2 unspecified atom stereocenters. The molecule has 0 N–H and O–H groups in total. The van der Waals surface area contributed by atoms with E-state index in [1.54, 1.807) is 0 Å². The van der Waals surface area contributed by atoms with Gasteiger partial charge in [-0.2, -0.15) is 0 Å². The maximum Gasteiger partial charge on any atom is 0.0241 e. The minimum Gasteiger partial charge on any atom is -0.301 e. The van der Waals surface area contributed by atoms with Crippen LogP contribution in [0.2, 0.25) is 0 Å². The van der Waals surface area contributed by atoms with E-state index < -0.39 is 0 Å². The first-order valence-corrected chi connectivity index (χ1v) is 4.83. The van der Waals surface area contributed by atoms with Crippen LogP contribution in [0.1, 0.15) is 20.3 Å². The topological polar surface area (TPSA) is 6.48 Å². The zero-order valence-corrected chi connectivity index (χ0v) is 7.58. The van der Waals surface area contributed by atoms with Crippen LogP contribution in [0.25, 0.3) is 0 Å². The Balaban J connectivity index is 1.91. The second-order valence-corrected chi connectivity index (χ2v) is 3.73. The summed E-state index contributed by atoms with van der Waals surface area (Å²) < 4.78 is 0. The normalized spacial score (nSPS) is 38.7. The van der Waals surface area contributed by atoms with Gasteiger partial charge in [-0.05, 0) is 19.5 Å². The molecule has 0 aromatic heterocycles. The van der Waals surface area contributed by atoms with Gasteiger partial charge >= 0.3 is 0 Å². The number of hydrogen-bond acceptors (Lipinski definition) is 2. The lowest BCUT2D eigenvalue weighted by Gasteiger charge is -2.56. The van der Waals surface area contributed by atoms with Crippen LogP contribution in [0.5, 0.6) is 0 Å². The summed E-state index contributed by atoms with van der Waals surface area (Å²) in [5.74, 6) is 0. The molecule has 0 saturated carbocycles. The van der Waals surface area contributed by atoms with Crippen molar-refractivity contribution in [2.75, 3.05) is 26.2 Å². The van der Waals surface area contributed by atoms with Crippen molar-refractivity contribution in [1.29, 1.82) is 0 Å². The van der Waals surface area contributed by atoms with Crippen LogP contribution in [0.3, 0.4) is 0 Å². The number of piperazine rings is 1. The first-order valence-electron chi connectivity index (χ1n) is 4.83. The zero-order chi connectivity index (χ0) is 7.84. The summed E-state index contributed by atoms with van der Waals surface area (Å²) >= 11 is 0. The molecule has 0 aromatic carbocycles. The molecule has 3 fully saturated rings. The van der Waals surface area contributed by atoms with E-state index in [2.05, 4.69) is 23.6 Å². The molecule has 2 bridgehead atoms. The van der Waals surface area contributed by atoms with Gasteiger partial charge in [-0.25, -0.2) is 0 Å². The van der Waals surface area contributed by atoms with Gasteiger partial charge in [-0.15, -0.1) is 0 Å². The molecule has 3 saturated heterocycles. The third kappa shape index (κ3) is 1.09. The van der Waals surface area contributed by atoms with E-state index in [0.29, 0.717) is 0 Å². The van der Waals surface area contributed by atoms with E-state index >= 15 is 0 Å². The van der Waals surface area contributed by atoms with E-state index in [9.17, 15) is 0 Å². The van der Waals surface area contributed by atoms with Crippen LogP contribution in [-0.4, -0.2) is 48.1 Å². The highest BCUT2D eigenvalue weighted by Gasteiger charge is 2.42. The van der Waals surface area contributed by atoms with Gasteiger partial charge in [-0.1, -0.05) is 13.8 Å². The van der Waals surface area contributed by atoms with E-state index in [-0.39, 0.29) is 0 Å². The van der Waals surface area contributed by atoms with Gasteiger partial charge in [-0.3, -0.25) is 4.90 Å². The van der Waals surface area contributed by atoms with Crippen LogP contribution < -0.4 is 0 Å². The summed E-state index contributed by atoms with van der Waals surface area (Å²) in [6, 6.07) is 1.80. The molecule has 0 aliphatic carbocycles. The minimum absolute atomic E-state index is 0.902. The van der Waals surface area contributed by atoms with E-state index in [1.807, 2.05) is 0 Å². The van der Waals surface area contributed by atoms with Gasteiger partial charge in [0.2, 0.25) is 0 Å². The molecule has 3 aliphatic rings. The third-order valence-corrected chi connectivity index (χ3v) is 3.23. The third-order valence-electron chi connectivity index (χ3n) is 3.23. The molecule has 2 atom stereocenters. The van der Waals surface area contributed by atoms with Gasteiger partial charge in [0, 0.05) is 25.2 Å². The van der Waals surface area contributed by atoms with E-state index in [4.69, 9.17) is 0 Å². The summed E-state index contributed by atoms with van der Waals surface area (Å²) in [7, 11) is 0. The molecular weight excluding hydrogens is 136 g/mol. The monoisotopic (exact) mass is 154 g/mol. The molecule has 11 heavy (non-hydrogen) atoms.